The van der Waals surface area contributed by atoms with Gasteiger partial charge in [0.05, 0.1) is 15.7 Å². The number of carbonyl (C=O) groups is 2. The van der Waals surface area contributed by atoms with Gasteiger partial charge < -0.3 is 24.8 Å². The van der Waals surface area contributed by atoms with Gasteiger partial charge in [0.25, 0.3) is 5.91 Å². The highest BCUT2D eigenvalue weighted by atomic mass is 35.5. The number of amides is 1. The number of fused-ring (bicyclic) bond motifs is 2. The molecule has 1 amide bonds. The molecule has 5 rings (SSSR count). The van der Waals surface area contributed by atoms with E-state index in [9.17, 15) is 14.7 Å². The first-order chi connectivity index (χ1) is 16.8. The quantitative estimate of drug-likeness (QED) is 0.511. The number of carboxylic acids is 1. The van der Waals surface area contributed by atoms with Crippen molar-refractivity contribution >= 4 is 40.8 Å². The molecule has 2 aliphatic rings. The van der Waals surface area contributed by atoms with Gasteiger partial charge in [-0.3, -0.25) is 9.59 Å². The van der Waals surface area contributed by atoms with Crippen LogP contribution in [-0.2, 0) is 29.2 Å². The number of benzene rings is 3. The van der Waals surface area contributed by atoms with Crippen molar-refractivity contribution in [2.24, 2.45) is 0 Å². The lowest BCUT2D eigenvalue weighted by Gasteiger charge is -2.34. The van der Waals surface area contributed by atoms with Crippen LogP contribution in [0.15, 0.2) is 54.6 Å². The topological polar surface area (TPSA) is 88.1 Å². The molecule has 9 heteroatoms. The van der Waals surface area contributed by atoms with Crippen molar-refractivity contribution in [3.63, 3.8) is 0 Å². The predicted molar refractivity (Wildman–Crippen MR) is 132 cm³/mol. The van der Waals surface area contributed by atoms with Crippen LogP contribution < -0.4 is 19.7 Å². The van der Waals surface area contributed by atoms with E-state index in [4.69, 9.17) is 32.7 Å². The summed E-state index contributed by atoms with van der Waals surface area (Å²) >= 11 is 12.0. The third-order valence-corrected chi connectivity index (χ3v) is 7.01. The van der Waals surface area contributed by atoms with Crippen LogP contribution in [0.3, 0.4) is 0 Å². The number of nitrogens with one attached hydrogen (secondary N) is 1. The van der Waals surface area contributed by atoms with E-state index < -0.39 is 18.1 Å². The van der Waals surface area contributed by atoms with Crippen molar-refractivity contribution in [1.82, 2.24) is 5.32 Å². The third-order valence-electron chi connectivity index (χ3n) is 6.28. The van der Waals surface area contributed by atoms with Crippen molar-refractivity contribution in [2.75, 3.05) is 11.9 Å². The minimum atomic E-state index is -0.890. The number of carboxylic acid groups (broad SMARTS) is 1. The lowest BCUT2D eigenvalue weighted by atomic mass is 9.93. The summed E-state index contributed by atoms with van der Waals surface area (Å²) in [6.45, 7) is 0.753. The zero-order valence-electron chi connectivity index (χ0n) is 18.8. The monoisotopic (exact) mass is 512 g/mol. The highest BCUT2D eigenvalue weighted by molar-refractivity contribution is 6.42. The molecule has 2 atom stereocenters. The van der Waals surface area contributed by atoms with Crippen molar-refractivity contribution in [3.8, 4) is 11.5 Å². The number of nitrogens with zero attached hydrogens (tertiary/aromatic N) is 1. The summed E-state index contributed by atoms with van der Waals surface area (Å²) in [5.74, 6) is 0.139. The highest BCUT2D eigenvalue weighted by Gasteiger charge is 2.35. The summed E-state index contributed by atoms with van der Waals surface area (Å²) in [7, 11) is 1.70. The van der Waals surface area contributed by atoms with Crippen LogP contribution in [0.4, 0.5) is 5.69 Å². The highest BCUT2D eigenvalue weighted by Crippen LogP contribution is 2.41. The van der Waals surface area contributed by atoms with Gasteiger partial charge in [0.15, 0.2) is 0 Å². The van der Waals surface area contributed by atoms with Crippen LogP contribution in [0.2, 0.25) is 10.0 Å². The number of likely N-dealkylation sites (N-methyl/N-ethyl adjacent to an activating group) is 1. The van der Waals surface area contributed by atoms with Crippen LogP contribution in [0, 0.1) is 0 Å². The van der Waals surface area contributed by atoms with Crippen molar-refractivity contribution < 1.29 is 24.2 Å². The second-order valence-corrected chi connectivity index (χ2v) is 9.38. The number of hydrogen-bond donors (Lipinski definition) is 2. The van der Waals surface area contributed by atoms with Crippen LogP contribution >= 0.6 is 23.2 Å². The normalized spacial score (nSPS) is 18.9. The average molecular weight is 513 g/mol. The van der Waals surface area contributed by atoms with E-state index in [0.717, 1.165) is 16.7 Å². The van der Waals surface area contributed by atoms with Gasteiger partial charge in [-0.2, -0.15) is 0 Å². The Morgan fingerprint density at radius 1 is 1.11 bits per heavy atom. The minimum Gasteiger partial charge on any atom is -0.489 e. The van der Waals surface area contributed by atoms with Crippen LogP contribution in [-0.4, -0.2) is 30.1 Å². The molecule has 3 aromatic carbocycles. The zero-order chi connectivity index (χ0) is 24.7. The number of carbonyl (C=O) groups excluding carboxylic acids is 1. The van der Waals surface area contributed by atoms with E-state index in [0.29, 0.717) is 52.4 Å². The molecule has 0 unspecified atom stereocenters. The molecule has 2 N–H and O–H groups in total. The molecule has 2 aliphatic heterocycles. The number of halogens is 2. The molecule has 0 saturated heterocycles. The Hall–Kier alpha value is -3.26. The van der Waals surface area contributed by atoms with E-state index in [2.05, 4.69) is 5.32 Å². The fraction of sp³-hybridized carbons (Fsp3) is 0.231. The molecule has 0 bridgehead atoms. The van der Waals surface area contributed by atoms with Crippen LogP contribution in [0.5, 0.6) is 11.5 Å². The SMILES string of the molecule is CN1C(=O)[C@H](c2ccc(OCc3ccc(Cl)c(Cl)c3)cc2)Oc2cc3c(cc21)C[C@@H](C(=O)O)NC3. The molecule has 0 aliphatic carbocycles. The molecule has 0 spiro atoms. The second-order valence-electron chi connectivity index (χ2n) is 8.57. The Morgan fingerprint density at radius 2 is 1.89 bits per heavy atom. The minimum absolute atomic E-state index is 0.203. The molecule has 0 radical (unpaired) electrons. The van der Waals surface area contributed by atoms with Gasteiger partial charge >= 0.3 is 5.97 Å². The Morgan fingerprint density at radius 3 is 2.60 bits per heavy atom. The van der Waals surface area contributed by atoms with E-state index >= 15 is 0 Å². The van der Waals surface area contributed by atoms with Gasteiger partial charge in [-0.25, -0.2) is 0 Å². The van der Waals surface area contributed by atoms with Gasteiger partial charge in [-0.15, -0.1) is 0 Å². The van der Waals surface area contributed by atoms with E-state index in [1.807, 2.05) is 30.3 Å². The molecule has 180 valence electrons. The summed E-state index contributed by atoms with van der Waals surface area (Å²) in [5.41, 5.74) is 4.10. The molecule has 0 aromatic heterocycles. The van der Waals surface area contributed by atoms with Gasteiger partial charge in [0, 0.05) is 19.2 Å². The maximum Gasteiger partial charge on any atom is 0.321 e. The van der Waals surface area contributed by atoms with Crippen LogP contribution in [0.25, 0.3) is 0 Å². The molecule has 3 aromatic rings. The Bertz CT molecular complexity index is 1310. The zero-order valence-corrected chi connectivity index (χ0v) is 20.3. The molecular formula is C26H22Cl2N2O5. The first kappa shape index (κ1) is 23.5. The summed E-state index contributed by atoms with van der Waals surface area (Å²) in [6.07, 6.45) is -0.439. The maximum absolute atomic E-state index is 13.1. The number of anilines is 1. The average Bonchev–Trinajstić information content (AvgIpc) is 2.86. The van der Waals surface area contributed by atoms with E-state index in [1.54, 1.807) is 36.2 Å². The lowest BCUT2D eigenvalue weighted by Crippen LogP contribution is -2.42. The standard InChI is InChI=1S/C26H22Cl2N2O5/c1-30-22-10-16-9-21(26(32)33)29-12-17(16)11-23(22)35-24(25(30)31)15-3-5-18(6-4-15)34-13-14-2-7-19(27)20(28)8-14/h2-8,10-11,21,24,29H,9,12-13H2,1H3,(H,32,33)/t21-,24-/m0/s1. The fourth-order valence-corrected chi connectivity index (χ4v) is 4.60. The lowest BCUT2D eigenvalue weighted by molar-refractivity contribution is -0.139. The smallest absolute Gasteiger partial charge is 0.321 e. The molecule has 7 nitrogen and oxygen atoms in total. The first-order valence-electron chi connectivity index (χ1n) is 11.0. The van der Waals surface area contributed by atoms with Gasteiger partial charge in [-0.1, -0.05) is 41.4 Å². The Balaban J connectivity index is 1.32. The molecule has 2 heterocycles. The summed E-state index contributed by atoms with van der Waals surface area (Å²) in [5, 5.41) is 13.3. The van der Waals surface area contributed by atoms with E-state index in [-0.39, 0.29) is 5.91 Å². The molecular weight excluding hydrogens is 491 g/mol. The van der Waals surface area contributed by atoms with Gasteiger partial charge in [-0.05, 0) is 59.5 Å². The largest absolute Gasteiger partial charge is 0.489 e. The Labute approximate surface area is 212 Å². The summed E-state index contributed by atoms with van der Waals surface area (Å²) in [4.78, 5) is 26.1. The number of ether oxygens (including phenoxy) is 2. The van der Waals surface area contributed by atoms with E-state index in [1.165, 1.54) is 0 Å². The van der Waals surface area contributed by atoms with Gasteiger partial charge in [0.2, 0.25) is 6.10 Å². The summed E-state index contributed by atoms with van der Waals surface area (Å²) in [6, 6.07) is 15.6. The number of rotatable bonds is 5. The third kappa shape index (κ3) is 4.67. The second kappa shape index (κ2) is 9.41. The Kier molecular flexibility index (Phi) is 6.32. The maximum atomic E-state index is 13.1. The summed E-state index contributed by atoms with van der Waals surface area (Å²) < 4.78 is 12.0. The number of hydrogen-bond acceptors (Lipinski definition) is 5. The molecule has 0 saturated carbocycles. The first-order valence-corrected chi connectivity index (χ1v) is 11.8. The van der Waals surface area contributed by atoms with Crippen molar-refractivity contribution in [3.05, 3.63) is 86.9 Å². The molecule has 35 heavy (non-hydrogen) atoms. The predicted octanol–water partition coefficient (Wildman–Crippen LogP) is 4.77. The molecule has 0 fully saturated rings. The van der Waals surface area contributed by atoms with Crippen molar-refractivity contribution in [2.45, 2.75) is 31.7 Å². The van der Waals surface area contributed by atoms with Crippen molar-refractivity contribution in [1.29, 1.82) is 0 Å². The van der Waals surface area contributed by atoms with Gasteiger partial charge in [0.1, 0.15) is 24.1 Å². The van der Waals surface area contributed by atoms with Crippen LogP contribution in [0.1, 0.15) is 28.4 Å². The fourth-order valence-electron chi connectivity index (χ4n) is 4.28. The number of aliphatic carboxylic acids is 1.